The first-order valence-corrected chi connectivity index (χ1v) is 10.2. The van der Waals surface area contributed by atoms with Crippen molar-refractivity contribution in [3.8, 4) is 5.75 Å². The summed E-state index contributed by atoms with van der Waals surface area (Å²) >= 11 is 0. The maximum Gasteiger partial charge on any atom is 0.315 e. The lowest BCUT2D eigenvalue weighted by molar-refractivity contribution is 0.238. The number of methoxy groups -OCH3 is 1. The van der Waals surface area contributed by atoms with Gasteiger partial charge in [-0.25, -0.2) is 9.78 Å². The van der Waals surface area contributed by atoms with Crippen LogP contribution in [-0.4, -0.2) is 29.2 Å². The van der Waals surface area contributed by atoms with Gasteiger partial charge in [0.1, 0.15) is 17.6 Å². The Morgan fingerprint density at radius 1 is 1.20 bits per heavy atom. The topological polar surface area (TPSA) is 68.2 Å². The van der Waals surface area contributed by atoms with Crippen molar-refractivity contribution in [2.75, 3.05) is 13.7 Å². The highest BCUT2D eigenvalue weighted by atomic mass is 16.5. The molecule has 0 bridgehead atoms. The first-order valence-electron chi connectivity index (χ1n) is 10.2. The molecule has 158 valence electrons. The molecule has 0 radical (unpaired) electrons. The molecule has 1 aromatic heterocycles. The second-order valence-corrected chi connectivity index (χ2v) is 7.54. The molecule has 3 aromatic rings. The molecule has 0 aliphatic rings. The van der Waals surface area contributed by atoms with E-state index in [1.54, 1.807) is 13.3 Å². The third kappa shape index (κ3) is 5.41. The zero-order chi connectivity index (χ0) is 21.5. The van der Waals surface area contributed by atoms with E-state index in [2.05, 4.69) is 47.7 Å². The minimum Gasteiger partial charge on any atom is -0.497 e. The van der Waals surface area contributed by atoms with Crippen LogP contribution in [0.2, 0.25) is 0 Å². The fourth-order valence-corrected chi connectivity index (χ4v) is 3.56. The summed E-state index contributed by atoms with van der Waals surface area (Å²) in [6.07, 6.45) is 5.41. The lowest BCUT2D eigenvalue weighted by Crippen LogP contribution is -2.39. The van der Waals surface area contributed by atoms with Gasteiger partial charge in [-0.1, -0.05) is 35.9 Å². The molecule has 0 saturated heterocycles. The molecule has 30 heavy (non-hydrogen) atoms. The number of carbonyl (C=O) groups excluding carboxylic acids is 1. The Labute approximate surface area is 178 Å². The highest BCUT2D eigenvalue weighted by Crippen LogP contribution is 2.24. The molecule has 0 spiro atoms. The van der Waals surface area contributed by atoms with Crippen LogP contribution in [0.15, 0.2) is 54.9 Å². The van der Waals surface area contributed by atoms with E-state index in [1.165, 1.54) is 16.7 Å². The van der Waals surface area contributed by atoms with Gasteiger partial charge in [-0.05, 0) is 55.5 Å². The Bertz CT molecular complexity index is 996. The van der Waals surface area contributed by atoms with Gasteiger partial charge in [0, 0.05) is 26.0 Å². The number of amides is 2. The highest BCUT2D eigenvalue weighted by molar-refractivity contribution is 5.74. The van der Waals surface area contributed by atoms with E-state index in [0.717, 1.165) is 30.0 Å². The zero-order valence-electron chi connectivity index (χ0n) is 18.1. The standard InChI is InChI=1S/C24H30N4O2/c1-17-10-11-19(18(2)15-17)8-6-12-26-24(29)27-22(23-25-13-14-28(23)3)20-7-5-9-21(16-20)30-4/h5,7,9-11,13-16,22H,6,8,12H2,1-4H3,(H2,26,27,29). The molecule has 2 N–H and O–H groups in total. The molecule has 6 nitrogen and oxygen atoms in total. The van der Waals surface area contributed by atoms with Crippen LogP contribution in [0.5, 0.6) is 5.75 Å². The average molecular weight is 407 g/mol. The predicted octanol–water partition coefficient (Wildman–Crippen LogP) is 4.07. The fourth-order valence-electron chi connectivity index (χ4n) is 3.56. The smallest absolute Gasteiger partial charge is 0.315 e. The molecule has 3 rings (SSSR count). The van der Waals surface area contributed by atoms with Crippen molar-refractivity contribution < 1.29 is 9.53 Å². The number of urea groups is 1. The molecule has 1 heterocycles. The van der Waals surface area contributed by atoms with Crippen molar-refractivity contribution >= 4 is 6.03 Å². The summed E-state index contributed by atoms with van der Waals surface area (Å²) in [4.78, 5) is 17.1. The van der Waals surface area contributed by atoms with E-state index in [-0.39, 0.29) is 12.1 Å². The maximum atomic E-state index is 12.6. The van der Waals surface area contributed by atoms with Gasteiger partial charge in [-0.3, -0.25) is 0 Å². The van der Waals surface area contributed by atoms with Gasteiger partial charge in [0.2, 0.25) is 0 Å². The molecule has 2 amide bonds. The van der Waals surface area contributed by atoms with Gasteiger partial charge in [0.05, 0.1) is 7.11 Å². The van der Waals surface area contributed by atoms with Crippen molar-refractivity contribution in [1.82, 2.24) is 20.2 Å². The number of rotatable bonds is 8. The normalized spacial score (nSPS) is 11.7. The zero-order valence-corrected chi connectivity index (χ0v) is 18.1. The predicted molar refractivity (Wildman–Crippen MR) is 119 cm³/mol. The van der Waals surface area contributed by atoms with Crippen LogP contribution in [-0.2, 0) is 13.5 Å². The molecule has 6 heteroatoms. The second kappa shape index (κ2) is 9.96. The summed E-state index contributed by atoms with van der Waals surface area (Å²) < 4.78 is 7.25. The Balaban J connectivity index is 1.61. The van der Waals surface area contributed by atoms with E-state index in [0.29, 0.717) is 6.54 Å². The number of nitrogens with zero attached hydrogens (tertiary/aromatic N) is 2. The number of aromatic nitrogens is 2. The van der Waals surface area contributed by atoms with Gasteiger partial charge in [0.15, 0.2) is 0 Å². The van der Waals surface area contributed by atoms with Crippen molar-refractivity contribution in [3.05, 3.63) is 82.9 Å². The fraction of sp³-hybridized carbons (Fsp3) is 0.333. The van der Waals surface area contributed by atoms with Gasteiger partial charge in [-0.2, -0.15) is 0 Å². The Morgan fingerprint density at radius 3 is 2.73 bits per heavy atom. The van der Waals surface area contributed by atoms with Crippen molar-refractivity contribution in [2.45, 2.75) is 32.7 Å². The number of aryl methyl sites for hydroxylation is 4. The summed E-state index contributed by atoms with van der Waals surface area (Å²) in [5.74, 6) is 1.50. The minimum absolute atomic E-state index is 0.216. The average Bonchev–Trinajstić information content (AvgIpc) is 3.16. The van der Waals surface area contributed by atoms with Gasteiger partial charge in [0.25, 0.3) is 0 Å². The Morgan fingerprint density at radius 2 is 2.03 bits per heavy atom. The third-order valence-electron chi connectivity index (χ3n) is 5.23. The van der Waals surface area contributed by atoms with Gasteiger partial charge < -0.3 is 19.9 Å². The monoisotopic (exact) mass is 406 g/mol. The summed E-state index contributed by atoms with van der Waals surface area (Å²) in [6, 6.07) is 13.6. The number of imidazole rings is 1. The molecular formula is C24H30N4O2. The van der Waals surface area contributed by atoms with Crippen molar-refractivity contribution in [2.24, 2.45) is 7.05 Å². The minimum atomic E-state index is -0.376. The van der Waals surface area contributed by atoms with Gasteiger partial charge in [-0.15, -0.1) is 0 Å². The highest BCUT2D eigenvalue weighted by Gasteiger charge is 2.21. The molecule has 0 aliphatic carbocycles. The number of nitrogens with one attached hydrogen (secondary N) is 2. The maximum absolute atomic E-state index is 12.6. The number of ether oxygens (including phenoxy) is 1. The summed E-state index contributed by atoms with van der Waals surface area (Å²) in [5.41, 5.74) is 4.80. The van der Waals surface area contributed by atoms with Crippen molar-refractivity contribution in [3.63, 3.8) is 0 Å². The lowest BCUT2D eigenvalue weighted by Gasteiger charge is -2.20. The SMILES string of the molecule is COc1cccc(C(NC(=O)NCCCc2ccc(C)cc2C)c2nccn2C)c1. The number of benzene rings is 2. The number of hydrogen-bond donors (Lipinski definition) is 2. The van der Waals surface area contributed by atoms with Crippen LogP contribution >= 0.6 is 0 Å². The number of hydrogen-bond acceptors (Lipinski definition) is 3. The van der Waals surface area contributed by atoms with E-state index < -0.39 is 0 Å². The molecule has 1 atom stereocenters. The largest absolute Gasteiger partial charge is 0.497 e. The molecule has 1 unspecified atom stereocenters. The second-order valence-electron chi connectivity index (χ2n) is 7.54. The van der Waals surface area contributed by atoms with Crippen LogP contribution in [0.3, 0.4) is 0 Å². The first-order chi connectivity index (χ1) is 14.5. The van der Waals surface area contributed by atoms with Crippen molar-refractivity contribution in [1.29, 1.82) is 0 Å². The molecule has 0 fully saturated rings. The Kier molecular flexibility index (Phi) is 7.12. The van der Waals surface area contributed by atoms with E-state index >= 15 is 0 Å². The molecule has 0 aliphatic heterocycles. The third-order valence-corrected chi connectivity index (χ3v) is 5.23. The molecule has 0 saturated carbocycles. The summed E-state index contributed by atoms with van der Waals surface area (Å²) in [6.45, 7) is 4.83. The summed E-state index contributed by atoms with van der Waals surface area (Å²) in [7, 11) is 3.55. The summed E-state index contributed by atoms with van der Waals surface area (Å²) in [5, 5.41) is 6.03. The quantitative estimate of drug-likeness (QED) is 0.554. The molecular weight excluding hydrogens is 376 g/mol. The van der Waals surface area contributed by atoms with Crippen LogP contribution in [0.25, 0.3) is 0 Å². The van der Waals surface area contributed by atoms with Crippen LogP contribution in [0.1, 0.15) is 40.5 Å². The van der Waals surface area contributed by atoms with E-state index in [9.17, 15) is 4.79 Å². The van der Waals surface area contributed by atoms with Crippen LogP contribution in [0, 0.1) is 13.8 Å². The van der Waals surface area contributed by atoms with Crippen LogP contribution < -0.4 is 15.4 Å². The van der Waals surface area contributed by atoms with E-state index in [4.69, 9.17) is 4.74 Å². The number of carbonyl (C=O) groups is 1. The van der Waals surface area contributed by atoms with Crippen LogP contribution in [0.4, 0.5) is 4.79 Å². The first kappa shape index (κ1) is 21.4. The molecule has 2 aromatic carbocycles. The van der Waals surface area contributed by atoms with Gasteiger partial charge >= 0.3 is 6.03 Å². The van der Waals surface area contributed by atoms with E-state index in [1.807, 2.05) is 42.1 Å². The Hall–Kier alpha value is -3.28. The lowest BCUT2D eigenvalue weighted by atomic mass is 10.0.